The Morgan fingerprint density at radius 2 is 1.86 bits per heavy atom. The molecule has 2 aromatic rings. The number of fused-ring (bicyclic) bond motifs is 1. The van der Waals surface area contributed by atoms with Crippen LogP contribution < -0.4 is 5.32 Å². The lowest BCUT2D eigenvalue weighted by Gasteiger charge is -2.11. The van der Waals surface area contributed by atoms with Crippen molar-refractivity contribution in [2.24, 2.45) is 0 Å². The largest absolute Gasteiger partial charge is 0.465 e. The van der Waals surface area contributed by atoms with Crippen LogP contribution in [0.15, 0.2) is 29.2 Å². The van der Waals surface area contributed by atoms with Gasteiger partial charge in [-0.2, -0.15) is 0 Å². The molecule has 0 fully saturated rings. The Kier molecular flexibility index (Phi) is 6.97. The van der Waals surface area contributed by atoms with E-state index >= 15 is 0 Å². The fourth-order valence-electron chi connectivity index (χ4n) is 3.34. The van der Waals surface area contributed by atoms with Crippen molar-refractivity contribution in [3.63, 3.8) is 0 Å². The van der Waals surface area contributed by atoms with Gasteiger partial charge < -0.3 is 10.1 Å². The summed E-state index contributed by atoms with van der Waals surface area (Å²) in [6, 6.07) is 5.95. The monoisotopic (exact) mass is 455 g/mol. The molecule has 0 bridgehead atoms. The van der Waals surface area contributed by atoms with Gasteiger partial charge in [0.2, 0.25) is 5.91 Å². The summed E-state index contributed by atoms with van der Waals surface area (Å²) in [6.45, 7) is 0. The van der Waals surface area contributed by atoms with Crippen molar-refractivity contribution in [3.05, 3.63) is 45.3 Å². The number of anilines is 1. The van der Waals surface area contributed by atoms with Crippen molar-refractivity contribution >= 4 is 49.7 Å². The maximum absolute atomic E-state index is 12.4. The normalized spacial score (nSPS) is 13.6. The molecular weight excluding hydrogens is 434 g/mol. The molecule has 1 aliphatic rings. The number of carbonyl (C=O) groups excluding carboxylic acids is 2. The average molecular weight is 456 g/mol. The Morgan fingerprint density at radius 3 is 2.55 bits per heavy atom. The molecule has 0 radical (unpaired) electrons. The van der Waals surface area contributed by atoms with Gasteiger partial charge in [0.05, 0.1) is 23.3 Å². The van der Waals surface area contributed by atoms with Gasteiger partial charge in [-0.25, -0.2) is 13.2 Å². The number of rotatable bonds is 7. The number of hydrogen-bond acceptors (Lipinski definition) is 6. The Labute approximate surface area is 179 Å². The van der Waals surface area contributed by atoms with Gasteiger partial charge in [-0.3, -0.25) is 4.79 Å². The fraction of sp³-hybridized carbons (Fsp3) is 0.400. The molecule has 0 atom stereocenters. The van der Waals surface area contributed by atoms with E-state index in [1.807, 2.05) is 0 Å². The SMILES string of the molecule is COC(=O)c1c(NC(=O)CCCS(=O)(=O)c2ccc(Cl)cc2)sc2c1CCCC2. The maximum Gasteiger partial charge on any atom is 0.341 e. The van der Waals surface area contributed by atoms with Gasteiger partial charge in [0.15, 0.2) is 9.84 Å². The molecular formula is C20H22ClNO5S2. The lowest BCUT2D eigenvalue weighted by Crippen LogP contribution is -2.16. The highest BCUT2D eigenvalue weighted by Crippen LogP contribution is 2.38. The van der Waals surface area contributed by atoms with Crippen LogP contribution >= 0.6 is 22.9 Å². The molecule has 9 heteroatoms. The van der Waals surface area contributed by atoms with E-state index in [1.165, 1.54) is 42.7 Å². The number of amides is 1. The smallest absolute Gasteiger partial charge is 0.341 e. The summed E-state index contributed by atoms with van der Waals surface area (Å²) in [6.07, 6.45) is 3.96. The topological polar surface area (TPSA) is 89.5 Å². The Balaban J connectivity index is 1.63. The highest BCUT2D eigenvalue weighted by molar-refractivity contribution is 7.91. The minimum absolute atomic E-state index is 0.0377. The highest BCUT2D eigenvalue weighted by atomic mass is 35.5. The van der Waals surface area contributed by atoms with E-state index in [1.54, 1.807) is 0 Å². The van der Waals surface area contributed by atoms with Gasteiger partial charge in [0.1, 0.15) is 5.00 Å². The Hall–Kier alpha value is -1.90. The molecule has 1 aromatic carbocycles. The van der Waals surface area contributed by atoms with E-state index < -0.39 is 15.8 Å². The van der Waals surface area contributed by atoms with Gasteiger partial charge in [-0.15, -0.1) is 11.3 Å². The summed E-state index contributed by atoms with van der Waals surface area (Å²) in [7, 11) is -2.16. The molecule has 1 aliphatic carbocycles. The number of sulfone groups is 1. The van der Waals surface area contributed by atoms with Crippen LogP contribution in [0.25, 0.3) is 0 Å². The van der Waals surface area contributed by atoms with Crippen molar-refractivity contribution in [2.45, 2.75) is 43.4 Å². The van der Waals surface area contributed by atoms with Crippen molar-refractivity contribution in [3.8, 4) is 0 Å². The first-order chi connectivity index (χ1) is 13.8. The zero-order valence-electron chi connectivity index (χ0n) is 16.0. The number of methoxy groups -OCH3 is 1. The van der Waals surface area contributed by atoms with E-state index in [-0.39, 0.29) is 29.4 Å². The third-order valence-electron chi connectivity index (χ3n) is 4.80. The number of esters is 1. The molecule has 0 aliphatic heterocycles. The van der Waals surface area contributed by atoms with Gasteiger partial charge in [-0.1, -0.05) is 11.6 Å². The number of thiophene rings is 1. The lowest BCUT2D eigenvalue weighted by molar-refractivity contribution is -0.116. The van der Waals surface area contributed by atoms with E-state index in [2.05, 4.69) is 5.32 Å². The second kappa shape index (κ2) is 9.28. The van der Waals surface area contributed by atoms with E-state index in [4.69, 9.17) is 16.3 Å². The number of hydrogen-bond donors (Lipinski definition) is 1. The van der Waals surface area contributed by atoms with Crippen LogP contribution in [0.1, 0.15) is 46.5 Å². The van der Waals surface area contributed by atoms with E-state index in [9.17, 15) is 18.0 Å². The lowest BCUT2D eigenvalue weighted by atomic mass is 9.95. The molecule has 1 aromatic heterocycles. The second-order valence-electron chi connectivity index (χ2n) is 6.83. The van der Waals surface area contributed by atoms with Crippen molar-refractivity contribution in [1.29, 1.82) is 0 Å². The molecule has 6 nitrogen and oxygen atoms in total. The molecule has 29 heavy (non-hydrogen) atoms. The maximum atomic E-state index is 12.4. The van der Waals surface area contributed by atoms with Crippen LogP contribution in [0.3, 0.4) is 0 Å². The first kappa shape index (κ1) is 21.8. The van der Waals surface area contributed by atoms with Crippen LogP contribution in [0.5, 0.6) is 0 Å². The molecule has 0 saturated heterocycles. The summed E-state index contributed by atoms with van der Waals surface area (Å²) in [5.74, 6) is -0.919. The predicted molar refractivity (Wildman–Crippen MR) is 114 cm³/mol. The van der Waals surface area contributed by atoms with Crippen LogP contribution in [-0.2, 0) is 32.2 Å². The number of nitrogens with one attached hydrogen (secondary N) is 1. The van der Waals surface area contributed by atoms with Gasteiger partial charge in [-0.05, 0) is 61.9 Å². The molecule has 1 heterocycles. The zero-order chi connectivity index (χ0) is 21.0. The highest BCUT2D eigenvalue weighted by Gasteiger charge is 2.27. The van der Waals surface area contributed by atoms with Crippen LogP contribution in [0.2, 0.25) is 5.02 Å². The average Bonchev–Trinajstić information content (AvgIpc) is 3.05. The van der Waals surface area contributed by atoms with Gasteiger partial charge in [0, 0.05) is 16.3 Å². The minimum atomic E-state index is -3.48. The first-order valence-corrected chi connectivity index (χ1v) is 12.2. The molecule has 3 rings (SSSR count). The molecule has 1 amide bonds. The molecule has 0 saturated carbocycles. The molecule has 1 N–H and O–H groups in total. The van der Waals surface area contributed by atoms with Gasteiger partial charge in [0.25, 0.3) is 0 Å². The zero-order valence-corrected chi connectivity index (χ0v) is 18.4. The van der Waals surface area contributed by atoms with Crippen molar-refractivity contribution in [2.75, 3.05) is 18.2 Å². The summed E-state index contributed by atoms with van der Waals surface area (Å²) >= 11 is 7.20. The predicted octanol–water partition coefficient (Wildman–Crippen LogP) is 4.26. The number of halogens is 1. The third kappa shape index (κ3) is 5.18. The quantitative estimate of drug-likeness (QED) is 0.630. The molecule has 0 spiro atoms. The number of aryl methyl sites for hydroxylation is 1. The van der Waals surface area contributed by atoms with Crippen LogP contribution in [-0.4, -0.2) is 33.2 Å². The summed E-state index contributed by atoms with van der Waals surface area (Å²) < 4.78 is 29.6. The minimum Gasteiger partial charge on any atom is -0.465 e. The number of ether oxygens (including phenoxy) is 1. The van der Waals surface area contributed by atoms with Gasteiger partial charge >= 0.3 is 5.97 Å². The van der Waals surface area contributed by atoms with E-state index in [0.29, 0.717) is 15.6 Å². The molecule has 0 unspecified atom stereocenters. The fourth-order valence-corrected chi connectivity index (χ4v) is 6.07. The van der Waals surface area contributed by atoms with Crippen LogP contribution in [0, 0.1) is 0 Å². The number of carbonyl (C=O) groups is 2. The number of benzene rings is 1. The summed E-state index contributed by atoms with van der Waals surface area (Å²) in [5, 5.41) is 3.74. The van der Waals surface area contributed by atoms with Crippen molar-refractivity contribution < 1.29 is 22.7 Å². The molecule has 156 valence electrons. The van der Waals surface area contributed by atoms with Crippen molar-refractivity contribution in [1.82, 2.24) is 0 Å². The summed E-state index contributed by atoms with van der Waals surface area (Å²) in [5.41, 5.74) is 1.41. The first-order valence-electron chi connectivity index (χ1n) is 9.33. The standard InChI is InChI=1S/C20H22ClNO5S2/c1-27-20(24)18-15-5-2-3-6-16(15)28-19(18)22-17(23)7-4-12-29(25,26)14-10-8-13(21)9-11-14/h8-11H,2-7,12H2,1H3,(H,22,23). The van der Waals surface area contributed by atoms with E-state index in [0.717, 1.165) is 36.1 Å². The van der Waals surface area contributed by atoms with Crippen LogP contribution in [0.4, 0.5) is 5.00 Å². The Bertz CT molecular complexity index is 1010. The Morgan fingerprint density at radius 1 is 1.17 bits per heavy atom. The second-order valence-corrected chi connectivity index (χ2v) is 10.5. The third-order valence-corrected chi connectivity index (χ3v) is 8.08. The summed E-state index contributed by atoms with van der Waals surface area (Å²) in [4.78, 5) is 25.9.